The number of nitrogens with zero attached hydrogens (tertiary/aromatic N) is 1. The van der Waals surface area contributed by atoms with Gasteiger partial charge in [-0.2, -0.15) is 0 Å². The third-order valence-electron chi connectivity index (χ3n) is 2.77. The van der Waals surface area contributed by atoms with Crippen molar-refractivity contribution >= 4 is 11.6 Å². The molecule has 110 valence electrons. The molecule has 0 aliphatic carbocycles. The Morgan fingerprint density at radius 2 is 2.15 bits per heavy atom. The SMILES string of the molecule is CCCCCNC(=O)COc1cc(C)ccc1[N+](=O)[O-]. The average Bonchev–Trinajstić information content (AvgIpc) is 2.41. The van der Waals surface area contributed by atoms with Crippen molar-refractivity contribution in [1.82, 2.24) is 5.32 Å². The highest BCUT2D eigenvalue weighted by molar-refractivity contribution is 5.77. The number of amides is 1. The van der Waals surface area contributed by atoms with Crippen LogP contribution in [0.1, 0.15) is 31.7 Å². The van der Waals surface area contributed by atoms with Crippen molar-refractivity contribution in [3.63, 3.8) is 0 Å². The third kappa shape index (κ3) is 5.26. The van der Waals surface area contributed by atoms with Crippen molar-refractivity contribution in [1.29, 1.82) is 0 Å². The average molecular weight is 280 g/mol. The van der Waals surface area contributed by atoms with Crippen molar-refractivity contribution in [3.05, 3.63) is 33.9 Å². The minimum Gasteiger partial charge on any atom is -0.477 e. The summed E-state index contributed by atoms with van der Waals surface area (Å²) < 4.78 is 5.24. The number of unbranched alkanes of at least 4 members (excludes halogenated alkanes) is 2. The second-order valence-electron chi connectivity index (χ2n) is 4.57. The second-order valence-corrected chi connectivity index (χ2v) is 4.57. The molecular weight excluding hydrogens is 260 g/mol. The number of ether oxygens (including phenoxy) is 1. The topological polar surface area (TPSA) is 81.5 Å². The molecule has 0 aliphatic heterocycles. The Morgan fingerprint density at radius 1 is 1.40 bits per heavy atom. The van der Waals surface area contributed by atoms with Crippen molar-refractivity contribution in [3.8, 4) is 5.75 Å². The van der Waals surface area contributed by atoms with Gasteiger partial charge in [-0.1, -0.05) is 25.8 Å². The van der Waals surface area contributed by atoms with E-state index in [-0.39, 0.29) is 24.0 Å². The van der Waals surface area contributed by atoms with Gasteiger partial charge in [-0.25, -0.2) is 0 Å². The van der Waals surface area contributed by atoms with E-state index < -0.39 is 4.92 Å². The van der Waals surface area contributed by atoms with Crippen LogP contribution in [0.25, 0.3) is 0 Å². The second kappa shape index (κ2) is 8.14. The summed E-state index contributed by atoms with van der Waals surface area (Å²) in [7, 11) is 0. The maximum atomic E-state index is 11.5. The Hall–Kier alpha value is -2.11. The number of hydrogen-bond acceptors (Lipinski definition) is 4. The molecule has 0 saturated carbocycles. The van der Waals surface area contributed by atoms with E-state index in [1.165, 1.54) is 6.07 Å². The molecule has 1 rings (SSSR count). The summed E-state index contributed by atoms with van der Waals surface area (Å²) >= 11 is 0. The normalized spacial score (nSPS) is 10.1. The van der Waals surface area contributed by atoms with Gasteiger partial charge in [-0.15, -0.1) is 0 Å². The summed E-state index contributed by atoms with van der Waals surface area (Å²) in [5.41, 5.74) is 0.711. The Labute approximate surface area is 118 Å². The molecule has 0 heterocycles. The molecule has 1 aromatic carbocycles. The maximum absolute atomic E-state index is 11.5. The van der Waals surface area contributed by atoms with Crippen LogP contribution >= 0.6 is 0 Å². The van der Waals surface area contributed by atoms with Crippen LogP contribution in [0.2, 0.25) is 0 Å². The number of nitro groups is 1. The number of rotatable bonds is 8. The Kier molecular flexibility index (Phi) is 6.49. The van der Waals surface area contributed by atoms with Gasteiger partial charge < -0.3 is 10.1 Å². The first-order valence-electron chi connectivity index (χ1n) is 6.69. The zero-order valence-corrected chi connectivity index (χ0v) is 11.8. The van der Waals surface area contributed by atoms with E-state index in [1.54, 1.807) is 19.1 Å². The number of carbonyl (C=O) groups is 1. The van der Waals surface area contributed by atoms with Gasteiger partial charge in [-0.05, 0) is 25.0 Å². The Morgan fingerprint density at radius 3 is 2.80 bits per heavy atom. The van der Waals surface area contributed by atoms with Gasteiger partial charge in [0.15, 0.2) is 12.4 Å². The number of aryl methyl sites for hydroxylation is 1. The molecule has 1 amide bonds. The number of nitrogens with one attached hydrogen (secondary N) is 1. The Bertz CT molecular complexity index is 474. The molecule has 0 unspecified atom stereocenters. The molecule has 0 bridgehead atoms. The quantitative estimate of drug-likeness (QED) is 0.451. The summed E-state index contributed by atoms with van der Waals surface area (Å²) in [5, 5.41) is 13.6. The largest absolute Gasteiger partial charge is 0.477 e. The lowest BCUT2D eigenvalue weighted by Gasteiger charge is -2.08. The minimum absolute atomic E-state index is 0.124. The third-order valence-corrected chi connectivity index (χ3v) is 2.77. The van der Waals surface area contributed by atoms with Crippen LogP contribution in [0.3, 0.4) is 0 Å². The molecule has 0 radical (unpaired) electrons. The van der Waals surface area contributed by atoms with Gasteiger partial charge in [0.25, 0.3) is 5.91 Å². The fraction of sp³-hybridized carbons (Fsp3) is 0.500. The lowest BCUT2D eigenvalue weighted by Crippen LogP contribution is -2.29. The van der Waals surface area contributed by atoms with Crippen LogP contribution in [0.15, 0.2) is 18.2 Å². The number of benzene rings is 1. The number of hydrogen-bond donors (Lipinski definition) is 1. The smallest absolute Gasteiger partial charge is 0.310 e. The predicted octanol–water partition coefficient (Wildman–Crippen LogP) is 2.59. The van der Waals surface area contributed by atoms with Crippen LogP contribution in [0.5, 0.6) is 5.75 Å². The maximum Gasteiger partial charge on any atom is 0.310 e. The van der Waals surface area contributed by atoms with Gasteiger partial charge in [0, 0.05) is 12.6 Å². The van der Waals surface area contributed by atoms with Gasteiger partial charge in [0.05, 0.1) is 4.92 Å². The van der Waals surface area contributed by atoms with Crippen LogP contribution in [0.4, 0.5) is 5.69 Å². The molecule has 1 aromatic rings. The van der Waals surface area contributed by atoms with Crippen LogP contribution in [-0.2, 0) is 4.79 Å². The zero-order chi connectivity index (χ0) is 15.0. The fourth-order valence-electron chi connectivity index (χ4n) is 1.68. The number of carbonyl (C=O) groups excluding carboxylic acids is 1. The van der Waals surface area contributed by atoms with E-state index in [1.807, 2.05) is 0 Å². The van der Waals surface area contributed by atoms with Crippen LogP contribution in [0, 0.1) is 17.0 Å². The van der Waals surface area contributed by atoms with Gasteiger partial charge in [0.2, 0.25) is 0 Å². The summed E-state index contributed by atoms with van der Waals surface area (Å²) in [6.45, 7) is 4.28. The molecule has 6 heteroatoms. The first-order chi connectivity index (χ1) is 9.54. The van der Waals surface area contributed by atoms with Crippen molar-refractivity contribution in [2.24, 2.45) is 0 Å². The van der Waals surface area contributed by atoms with Gasteiger partial charge in [0.1, 0.15) is 0 Å². The van der Waals surface area contributed by atoms with Crippen molar-refractivity contribution in [2.75, 3.05) is 13.2 Å². The molecule has 0 aromatic heterocycles. The lowest BCUT2D eigenvalue weighted by molar-refractivity contribution is -0.385. The first kappa shape index (κ1) is 15.9. The lowest BCUT2D eigenvalue weighted by atomic mass is 10.2. The van der Waals surface area contributed by atoms with Crippen LogP contribution < -0.4 is 10.1 Å². The summed E-state index contributed by atoms with van der Waals surface area (Å²) in [6.07, 6.45) is 3.07. The highest BCUT2D eigenvalue weighted by Crippen LogP contribution is 2.27. The van der Waals surface area contributed by atoms with E-state index in [0.29, 0.717) is 6.54 Å². The molecule has 0 saturated heterocycles. The summed E-state index contributed by atoms with van der Waals surface area (Å²) in [5.74, 6) is -0.143. The minimum atomic E-state index is -0.520. The van der Waals surface area contributed by atoms with Gasteiger partial charge >= 0.3 is 5.69 Å². The fourth-order valence-corrected chi connectivity index (χ4v) is 1.68. The molecule has 0 aliphatic rings. The van der Waals surface area contributed by atoms with E-state index >= 15 is 0 Å². The molecular formula is C14H20N2O4. The van der Waals surface area contributed by atoms with E-state index in [9.17, 15) is 14.9 Å². The monoisotopic (exact) mass is 280 g/mol. The standard InChI is InChI=1S/C14H20N2O4/c1-3-4-5-8-15-14(17)10-20-13-9-11(2)6-7-12(13)16(18)19/h6-7,9H,3-5,8,10H2,1-2H3,(H,15,17). The summed E-state index contributed by atoms with van der Waals surface area (Å²) in [4.78, 5) is 21.9. The zero-order valence-electron chi connectivity index (χ0n) is 11.8. The van der Waals surface area contributed by atoms with E-state index in [2.05, 4.69) is 12.2 Å². The van der Waals surface area contributed by atoms with Crippen LogP contribution in [-0.4, -0.2) is 24.0 Å². The summed E-state index contributed by atoms with van der Waals surface area (Å²) in [6, 6.07) is 4.57. The highest BCUT2D eigenvalue weighted by Gasteiger charge is 2.15. The highest BCUT2D eigenvalue weighted by atomic mass is 16.6. The van der Waals surface area contributed by atoms with Gasteiger partial charge in [-0.3, -0.25) is 14.9 Å². The molecule has 0 atom stereocenters. The molecule has 1 N–H and O–H groups in total. The first-order valence-corrected chi connectivity index (χ1v) is 6.69. The van der Waals surface area contributed by atoms with Crippen molar-refractivity contribution < 1.29 is 14.5 Å². The molecule has 6 nitrogen and oxygen atoms in total. The van der Waals surface area contributed by atoms with E-state index in [4.69, 9.17) is 4.74 Å². The molecule has 0 spiro atoms. The Balaban J connectivity index is 2.50. The molecule has 0 fully saturated rings. The van der Waals surface area contributed by atoms with Crippen molar-refractivity contribution in [2.45, 2.75) is 33.1 Å². The predicted molar refractivity (Wildman–Crippen MR) is 75.9 cm³/mol. The number of nitro benzene ring substituents is 1. The van der Waals surface area contributed by atoms with E-state index in [0.717, 1.165) is 24.8 Å². The molecule has 20 heavy (non-hydrogen) atoms.